The number of aromatic nitrogens is 1. The Kier molecular flexibility index (Phi) is 7.37. The first-order chi connectivity index (χ1) is 15.1. The quantitative estimate of drug-likeness (QED) is 0.509. The van der Waals surface area contributed by atoms with E-state index in [0.29, 0.717) is 24.5 Å². The number of pyridine rings is 1. The number of nitrogens with zero attached hydrogens (tertiary/aromatic N) is 1. The molecule has 0 radical (unpaired) electrons. The number of carbonyl (C=O) groups excluding carboxylic acids is 1. The summed E-state index contributed by atoms with van der Waals surface area (Å²) in [5.74, 6) is -0.415. The van der Waals surface area contributed by atoms with Gasteiger partial charge in [0.25, 0.3) is 0 Å². The molecule has 0 saturated carbocycles. The van der Waals surface area contributed by atoms with Gasteiger partial charge in [0, 0.05) is 24.4 Å². The number of nitrogens with one attached hydrogen (secondary N) is 1. The van der Waals surface area contributed by atoms with Gasteiger partial charge in [-0.25, -0.2) is 4.79 Å². The molecule has 1 aromatic heterocycles. The summed E-state index contributed by atoms with van der Waals surface area (Å²) in [6, 6.07) is 17.3. The Labute approximate surface area is 180 Å². The highest BCUT2D eigenvalue weighted by molar-refractivity contribution is 6.06. The topological polar surface area (TPSA) is 97.8 Å². The van der Waals surface area contributed by atoms with Gasteiger partial charge in [-0.05, 0) is 48.0 Å². The summed E-state index contributed by atoms with van der Waals surface area (Å²) in [4.78, 5) is 27.7. The van der Waals surface area contributed by atoms with Gasteiger partial charge in [0.2, 0.25) is 5.91 Å². The Morgan fingerprint density at radius 1 is 1.06 bits per heavy atom. The molecule has 0 spiro atoms. The number of benzene rings is 2. The third-order valence-electron chi connectivity index (χ3n) is 4.37. The average Bonchev–Trinajstić information content (AvgIpc) is 2.79. The van der Waals surface area contributed by atoms with E-state index < -0.39 is 11.9 Å². The van der Waals surface area contributed by atoms with Crippen LogP contribution in [0, 0.1) is 0 Å². The fourth-order valence-corrected chi connectivity index (χ4v) is 2.84. The number of para-hydroxylation sites is 1. The van der Waals surface area contributed by atoms with Crippen molar-refractivity contribution in [3.8, 4) is 11.5 Å². The molecule has 2 aromatic carbocycles. The van der Waals surface area contributed by atoms with E-state index in [9.17, 15) is 14.7 Å². The number of carboxylic acids is 1. The Morgan fingerprint density at radius 2 is 1.87 bits per heavy atom. The van der Waals surface area contributed by atoms with E-state index in [2.05, 4.69) is 10.3 Å². The normalized spacial score (nSPS) is 10.6. The van der Waals surface area contributed by atoms with Crippen molar-refractivity contribution in [2.75, 3.05) is 19.0 Å². The molecule has 2 N–H and O–H groups in total. The van der Waals surface area contributed by atoms with E-state index in [1.165, 1.54) is 18.2 Å². The van der Waals surface area contributed by atoms with E-state index in [1.54, 1.807) is 49.7 Å². The molecule has 0 aliphatic carbocycles. The molecule has 0 aliphatic heterocycles. The van der Waals surface area contributed by atoms with Gasteiger partial charge >= 0.3 is 5.97 Å². The number of methoxy groups -OCH3 is 1. The van der Waals surface area contributed by atoms with E-state index in [4.69, 9.17) is 9.47 Å². The van der Waals surface area contributed by atoms with Crippen molar-refractivity contribution >= 4 is 23.6 Å². The van der Waals surface area contributed by atoms with Crippen LogP contribution >= 0.6 is 0 Å². The van der Waals surface area contributed by atoms with Gasteiger partial charge in [0.1, 0.15) is 0 Å². The number of anilines is 1. The minimum atomic E-state index is -1.11. The molecule has 0 saturated heterocycles. The number of rotatable bonds is 9. The third-order valence-corrected chi connectivity index (χ3v) is 4.37. The number of carboxylic acid groups (broad SMARTS) is 1. The van der Waals surface area contributed by atoms with Crippen LogP contribution in [0.3, 0.4) is 0 Å². The molecule has 0 aliphatic rings. The maximum absolute atomic E-state index is 12.2. The lowest BCUT2D eigenvalue weighted by Gasteiger charge is -2.11. The Bertz CT molecular complexity index is 1080. The first-order valence-corrected chi connectivity index (χ1v) is 9.59. The minimum absolute atomic E-state index is 0.0260. The summed E-state index contributed by atoms with van der Waals surface area (Å²) in [5, 5.41) is 11.8. The first kappa shape index (κ1) is 21.6. The summed E-state index contributed by atoms with van der Waals surface area (Å²) < 4.78 is 11.2. The molecule has 3 rings (SSSR count). The summed E-state index contributed by atoms with van der Waals surface area (Å²) in [5.41, 5.74) is 1.93. The summed E-state index contributed by atoms with van der Waals surface area (Å²) in [6.07, 6.45) is 5.35. The molecule has 7 heteroatoms. The van der Waals surface area contributed by atoms with E-state index in [1.807, 2.05) is 18.2 Å². The van der Waals surface area contributed by atoms with Crippen LogP contribution in [0.25, 0.3) is 6.08 Å². The van der Waals surface area contributed by atoms with Crippen molar-refractivity contribution in [1.29, 1.82) is 0 Å². The largest absolute Gasteiger partial charge is 0.493 e. The van der Waals surface area contributed by atoms with Gasteiger partial charge in [0.15, 0.2) is 11.5 Å². The highest BCUT2D eigenvalue weighted by atomic mass is 16.5. The fourth-order valence-electron chi connectivity index (χ4n) is 2.84. The molecular formula is C24H22N2O5. The zero-order chi connectivity index (χ0) is 22.1. The monoisotopic (exact) mass is 418 g/mol. The molecule has 1 heterocycles. The predicted octanol–water partition coefficient (Wildman–Crippen LogP) is 4.06. The van der Waals surface area contributed by atoms with Crippen LogP contribution in [0.15, 0.2) is 72.9 Å². The highest BCUT2D eigenvalue weighted by Crippen LogP contribution is 2.28. The molecule has 0 fully saturated rings. The molecule has 0 atom stereocenters. The standard InChI is InChI=1S/C24H22N2O5/c1-30-22-16-17(9-11-21(22)31-15-13-18-6-4-5-14-25-18)10-12-23(27)26-20-8-3-2-7-19(20)24(28)29/h2-12,14,16H,13,15H2,1H3,(H,26,27)(H,28,29)/b12-10+. The van der Waals surface area contributed by atoms with Crippen LogP contribution in [0.1, 0.15) is 21.6 Å². The van der Waals surface area contributed by atoms with Gasteiger partial charge in [-0.3, -0.25) is 9.78 Å². The van der Waals surface area contributed by atoms with Gasteiger partial charge in [0.05, 0.1) is 25.0 Å². The average molecular weight is 418 g/mol. The molecular weight excluding hydrogens is 396 g/mol. The third kappa shape index (κ3) is 6.17. The zero-order valence-corrected chi connectivity index (χ0v) is 16.9. The van der Waals surface area contributed by atoms with Crippen LogP contribution in [0.4, 0.5) is 5.69 Å². The van der Waals surface area contributed by atoms with Crippen LogP contribution in [0.2, 0.25) is 0 Å². The highest BCUT2D eigenvalue weighted by Gasteiger charge is 2.10. The number of hydrogen-bond donors (Lipinski definition) is 2. The summed E-state index contributed by atoms with van der Waals surface area (Å²) in [7, 11) is 1.55. The van der Waals surface area contributed by atoms with Crippen molar-refractivity contribution < 1.29 is 24.2 Å². The van der Waals surface area contributed by atoms with Crippen LogP contribution in [0.5, 0.6) is 11.5 Å². The number of aromatic carboxylic acids is 1. The van der Waals surface area contributed by atoms with Crippen molar-refractivity contribution in [1.82, 2.24) is 4.98 Å². The number of ether oxygens (including phenoxy) is 2. The number of carbonyl (C=O) groups is 2. The molecule has 31 heavy (non-hydrogen) atoms. The Morgan fingerprint density at radius 3 is 2.61 bits per heavy atom. The number of amides is 1. The SMILES string of the molecule is COc1cc(/C=C/C(=O)Nc2ccccc2C(=O)O)ccc1OCCc1ccccn1. The van der Waals surface area contributed by atoms with Crippen molar-refractivity contribution in [3.63, 3.8) is 0 Å². The summed E-state index contributed by atoms with van der Waals surface area (Å²) >= 11 is 0. The van der Waals surface area contributed by atoms with E-state index in [0.717, 1.165) is 11.3 Å². The molecule has 3 aromatic rings. The Hall–Kier alpha value is -4.13. The molecule has 158 valence electrons. The maximum atomic E-state index is 12.2. The van der Waals surface area contributed by atoms with Crippen molar-refractivity contribution in [3.05, 3.63) is 89.8 Å². The second-order valence-corrected chi connectivity index (χ2v) is 6.50. The maximum Gasteiger partial charge on any atom is 0.337 e. The predicted molar refractivity (Wildman–Crippen MR) is 117 cm³/mol. The van der Waals surface area contributed by atoms with Crippen LogP contribution in [-0.4, -0.2) is 35.7 Å². The van der Waals surface area contributed by atoms with E-state index in [-0.39, 0.29) is 11.3 Å². The lowest BCUT2D eigenvalue weighted by Crippen LogP contribution is -2.11. The van der Waals surface area contributed by atoms with Gasteiger partial charge in [-0.2, -0.15) is 0 Å². The lowest BCUT2D eigenvalue weighted by atomic mass is 10.1. The van der Waals surface area contributed by atoms with E-state index >= 15 is 0 Å². The summed E-state index contributed by atoms with van der Waals surface area (Å²) in [6.45, 7) is 0.452. The van der Waals surface area contributed by atoms with Gasteiger partial charge < -0.3 is 19.9 Å². The molecule has 0 unspecified atom stereocenters. The lowest BCUT2D eigenvalue weighted by molar-refractivity contribution is -0.111. The minimum Gasteiger partial charge on any atom is -0.493 e. The zero-order valence-electron chi connectivity index (χ0n) is 16.9. The van der Waals surface area contributed by atoms with Crippen LogP contribution in [-0.2, 0) is 11.2 Å². The van der Waals surface area contributed by atoms with Crippen LogP contribution < -0.4 is 14.8 Å². The van der Waals surface area contributed by atoms with Gasteiger partial charge in [-0.1, -0.05) is 24.3 Å². The number of hydrogen-bond acceptors (Lipinski definition) is 5. The smallest absolute Gasteiger partial charge is 0.337 e. The second kappa shape index (κ2) is 10.6. The first-order valence-electron chi connectivity index (χ1n) is 9.59. The second-order valence-electron chi connectivity index (χ2n) is 6.50. The molecule has 0 bridgehead atoms. The van der Waals surface area contributed by atoms with Gasteiger partial charge in [-0.15, -0.1) is 0 Å². The fraction of sp³-hybridized carbons (Fsp3) is 0.125. The molecule has 7 nitrogen and oxygen atoms in total. The van der Waals surface area contributed by atoms with Crippen molar-refractivity contribution in [2.45, 2.75) is 6.42 Å². The molecule has 1 amide bonds. The van der Waals surface area contributed by atoms with Crippen molar-refractivity contribution in [2.24, 2.45) is 0 Å². The Balaban J connectivity index is 1.62.